The Bertz CT molecular complexity index is 730. The van der Waals surface area contributed by atoms with Crippen molar-refractivity contribution in [3.63, 3.8) is 0 Å². The molecular formula is C20H24N2O3. The first-order chi connectivity index (χ1) is 12.1. The first-order valence-corrected chi connectivity index (χ1v) is 8.44. The van der Waals surface area contributed by atoms with Gasteiger partial charge in [-0.2, -0.15) is 0 Å². The third-order valence-electron chi connectivity index (χ3n) is 4.53. The van der Waals surface area contributed by atoms with Crippen LogP contribution >= 0.6 is 0 Å². The largest absolute Gasteiger partial charge is 0.497 e. The van der Waals surface area contributed by atoms with Crippen molar-refractivity contribution in [3.8, 4) is 11.5 Å². The van der Waals surface area contributed by atoms with E-state index in [0.29, 0.717) is 30.2 Å². The molecule has 1 saturated heterocycles. The monoisotopic (exact) mass is 340 g/mol. The number of hydrogen-bond acceptors (Lipinski definition) is 4. The van der Waals surface area contributed by atoms with E-state index in [1.165, 1.54) is 11.3 Å². The smallest absolute Gasteiger partial charge is 0.254 e. The lowest BCUT2D eigenvalue weighted by Crippen LogP contribution is -2.48. The van der Waals surface area contributed by atoms with E-state index in [2.05, 4.69) is 36.1 Å². The molecule has 5 nitrogen and oxygen atoms in total. The Labute approximate surface area is 148 Å². The molecule has 0 spiro atoms. The predicted molar refractivity (Wildman–Crippen MR) is 98.8 cm³/mol. The van der Waals surface area contributed by atoms with Crippen molar-refractivity contribution in [2.24, 2.45) is 0 Å². The molecule has 0 aliphatic carbocycles. The van der Waals surface area contributed by atoms with E-state index in [1.54, 1.807) is 32.4 Å². The summed E-state index contributed by atoms with van der Waals surface area (Å²) in [6, 6.07) is 13.8. The second-order valence-corrected chi connectivity index (χ2v) is 6.22. The molecule has 0 aromatic heterocycles. The van der Waals surface area contributed by atoms with Gasteiger partial charge >= 0.3 is 0 Å². The molecule has 0 unspecified atom stereocenters. The average Bonchev–Trinajstić information content (AvgIpc) is 2.67. The summed E-state index contributed by atoms with van der Waals surface area (Å²) in [5.74, 6) is 1.27. The number of hydrogen-bond donors (Lipinski definition) is 0. The molecule has 1 amide bonds. The number of carbonyl (C=O) groups is 1. The Hall–Kier alpha value is -2.69. The van der Waals surface area contributed by atoms with Crippen molar-refractivity contribution >= 4 is 11.6 Å². The third-order valence-corrected chi connectivity index (χ3v) is 4.53. The van der Waals surface area contributed by atoms with Crippen LogP contribution in [-0.4, -0.2) is 51.2 Å². The summed E-state index contributed by atoms with van der Waals surface area (Å²) in [6.45, 7) is 5.16. The maximum atomic E-state index is 12.8. The molecular weight excluding hydrogens is 316 g/mol. The highest BCUT2D eigenvalue weighted by Crippen LogP contribution is 2.24. The molecule has 2 aromatic rings. The van der Waals surface area contributed by atoms with Gasteiger partial charge < -0.3 is 19.3 Å². The minimum Gasteiger partial charge on any atom is -0.497 e. The van der Waals surface area contributed by atoms with Crippen LogP contribution in [0.15, 0.2) is 42.5 Å². The molecule has 0 N–H and O–H groups in total. The Morgan fingerprint density at radius 3 is 2.12 bits per heavy atom. The van der Waals surface area contributed by atoms with Crippen LogP contribution < -0.4 is 14.4 Å². The van der Waals surface area contributed by atoms with Crippen LogP contribution in [0, 0.1) is 6.92 Å². The van der Waals surface area contributed by atoms with Gasteiger partial charge in [-0.15, -0.1) is 0 Å². The highest BCUT2D eigenvalue weighted by Gasteiger charge is 2.23. The van der Waals surface area contributed by atoms with Gasteiger partial charge in [0.15, 0.2) is 0 Å². The standard InChI is InChI=1S/C20H24N2O3/c1-15-5-4-6-17(11-15)21-7-9-22(10-8-21)20(23)16-12-18(24-2)14-19(13-16)25-3/h4-6,11-14H,7-10H2,1-3H3. The third kappa shape index (κ3) is 3.87. The van der Waals surface area contributed by atoms with Crippen LogP contribution in [0.2, 0.25) is 0 Å². The van der Waals surface area contributed by atoms with E-state index >= 15 is 0 Å². The van der Waals surface area contributed by atoms with Gasteiger partial charge in [-0.3, -0.25) is 4.79 Å². The number of anilines is 1. The summed E-state index contributed by atoms with van der Waals surface area (Å²) >= 11 is 0. The van der Waals surface area contributed by atoms with Gasteiger partial charge in [-0.25, -0.2) is 0 Å². The van der Waals surface area contributed by atoms with Gasteiger partial charge in [0, 0.05) is 43.5 Å². The quantitative estimate of drug-likeness (QED) is 0.858. The highest BCUT2D eigenvalue weighted by atomic mass is 16.5. The zero-order valence-corrected chi connectivity index (χ0v) is 15.0. The van der Waals surface area contributed by atoms with Crippen molar-refractivity contribution in [2.75, 3.05) is 45.3 Å². The number of amides is 1. The molecule has 1 fully saturated rings. The topological polar surface area (TPSA) is 42.0 Å². The van der Waals surface area contributed by atoms with Crippen molar-refractivity contribution in [3.05, 3.63) is 53.6 Å². The summed E-state index contributed by atoms with van der Waals surface area (Å²) in [4.78, 5) is 17.0. The van der Waals surface area contributed by atoms with E-state index in [0.717, 1.165) is 13.1 Å². The molecule has 1 aliphatic rings. The van der Waals surface area contributed by atoms with Crippen molar-refractivity contribution < 1.29 is 14.3 Å². The van der Waals surface area contributed by atoms with Crippen LogP contribution in [0.1, 0.15) is 15.9 Å². The van der Waals surface area contributed by atoms with Gasteiger partial charge in [0.1, 0.15) is 11.5 Å². The van der Waals surface area contributed by atoms with E-state index in [9.17, 15) is 4.79 Å². The summed E-state index contributed by atoms with van der Waals surface area (Å²) in [5, 5.41) is 0. The lowest BCUT2D eigenvalue weighted by atomic mass is 10.1. The maximum absolute atomic E-state index is 12.8. The SMILES string of the molecule is COc1cc(OC)cc(C(=O)N2CCN(c3cccc(C)c3)CC2)c1. The highest BCUT2D eigenvalue weighted by molar-refractivity contribution is 5.95. The number of rotatable bonds is 4. The Morgan fingerprint density at radius 2 is 1.56 bits per heavy atom. The summed E-state index contributed by atoms with van der Waals surface area (Å²) in [5.41, 5.74) is 3.06. The zero-order chi connectivity index (χ0) is 17.8. The summed E-state index contributed by atoms with van der Waals surface area (Å²) in [7, 11) is 3.17. The maximum Gasteiger partial charge on any atom is 0.254 e. The fraction of sp³-hybridized carbons (Fsp3) is 0.350. The number of methoxy groups -OCH3 is 2. The number of benzene rings is 2. The Balaban J connectivity index is 1.69. The average molecular weight is 340 g/mol. The van der Waals surface area contributed by atoms with Crippen LogP contribution in [0.4, 0.5) is 5.69 Å². The number of ether oxygens (including phenoxy) is 2. The second-order valence-electron chi connectivity index (χ2n) is 6.22. The number of carbonyl (C=O) groups excluding carboxylic acids is 1. The van der Waals surface area contributed by atoms with Crippen LogP contribution in [0.25, 0.3) is 0 Å². The molecule has 0 radical (unpaired) electrons. The van der Waals surface area contributed by atoms with Gasteiger partial charge in [-0.1, -0.05) is 12.1 Å². The second kappa shape index (κ2) is 7.47. The molecule has 1 aliphatic heterocycles. The van der Waals surface area contributed by atoms with Crippen molar-refractivity contribution in [2.45, 2.75) is 6.92 Å². The minimum atomic E-state index is 0.0149. The molecule has 5 heteroatoms. The van der Waals surface area contributed by atoms with E-state index in [4.69, 9.17) is 9.47 Å². The molecule has 0 saturated carbocycles. The Morgan fingerprint density at radius 1 is 0.920 bits per heavy atom. The normalized spacial score (nSPS) is 14.4. The van der Waals surface area contributed by atoms with Gasteiger partial charge in [0.25, 0.3) is 5.91 Å². The molecule has 1 heterocycles. The Kier molecular flexibility index (Phi) is 5.12. The fourth-order valence-electron chi connectivity index (χ4n) is 3.11. The molecule has 3 rings (SSSR count). The zero-order valence-electron chi connectivity index (χ0n) is 15.0. The van der Waals surface area contributed by atoms with Gasteiger partial charge in [0.2, 0.25) is 0 Å². The van der Waals surface area contributed by atoms with Crippen molar-refractivity contribution in [1.29, 1.82) is 0 Å². The van der Waals surface area contributed by atoms with Crippen LogP contribution in [0.5, 0.6) is 11.5 Å². The molecule has 25 heavy (non-hydrogen) atoms. The lowest BCUT2D eigenvalue weighted by Gasteiger charge is -2.36. The number of aryl methyl sites for hydroxylation is 1. The van der Waals surface area contributed by atoms with Gasteiger partial charge in [-0.05, 0) is 36.8 Å². The van der Waals surface area contributed by atoms with E-state index < -0.39 is 0 Å². The number of nitrogens with zero attached hydrogens (tertiary/aromatic N) is 2. The van der Waals surface area contributed by atoms with E-state index in [1.807, 2.05) is 4.90 Å². The van der Waals surface area contributed by atoms with Gasteiger partial charge in [0.05, 0.1) is 14.2 Å². The number of piperazine rings is 1. The molecule has 0 atom stereocenters. The minimum absolute atomic E-state index is 0.0149. The van der Waals surface area contributed by atoms with Crippen LogP contribution in [-0.2, 0) is 0 Å². The fourth-order valence-corrected chi connectivity index (χ4v) is 3.11. The first-order valence-electron chi connectivity index (χ1n) is 8.44. The predicted octanol–water partition coefficient (Wildman–Crippen LogP) is 2.97. The van der Waals surface area contributed by atoms with Crippen LogP contribution in [0.3, 0.4) is 0 Å². The molecule has 0 bridgehead atoms. The first kappa shape index (κ1) is 17.1. The lowest BCUT2D eigenvalue weighted by molar-refractivity contribution is 0.0746. The summed E-state index contributed by atoms with van der Waals surface area (Å²) in [6.07, 6.45) is 0. The molecule has 2 aromatic carbocycles. The summed E-state index contributed by atoms with van der Waals surface area (Å²) < 4.78 is 10.5. The van der Waals surface area contributed by atoms with Crippen molar-refractivity contribution in [1.82, 2.24) is 4.90 Å². The van der Waals surface area contributed by atoms with E-state index in [-0.39, 0.29) is 5.91 Å². The molecule has 132 valence electrons.